The molecular formula is C18H19ClN2O4S. The fraction of sp³-hybridized carbons (Fsp3) is 0.222. The van der Waals surface area contributed by atoms with E-state index in [0.717, 1.165) is 4.90 Å². The Morgan fingerprint density at radius 2 is 1.73 bits per heavy atom. The van der Waals surface area contributed by atoms with Crippen molar-refractivity contribution in [2.75, 3.05) is 36.7 Å². The van der Waals surface area contributed by atoms with Crippen LogP contribution < -0.4 is 10.6 Å². The zero-order chi connectivity index (χ0) is 18.8. The fourth-order valence-electron chi connectivity index (χ4n) is 1.92. The molecule has 0 aromatic heterocycles. The molecule has 0 unspecified atom stereocenters. The van der Waals surface area contributed by atoms with Gasteiger partial charge < -0.3 is 14.8 Å². The quantitative estimate of drug-likeness (QED) is 0.516. The molecular weight excluding hydrogens is 376 g/mol. The second-order valence-corrected chi connectivity index (χ2v) is 6.61. The molecule has 0 heterocycles. The summed E-state index contributed by atoms with van der Waals surface area (Å²) in [6.07, 6.45) is -0.580. The molecule has 2 amide bonds. The number of carbonyl (C=O) groups excluding carboxylic acids is 2. The summed E-state index contributed by atoms with van der Waals surface area (Å²) in [4.78, 5) is 24.6. The summed E-state index contributed by atoms with van der Waals surface area (Å²) < 4.78 is 9.73. The average Bonchev–Trinajstić information content (AvgIpc) is 2.62. The maximum absolute atomic E-state index is 12.1. The molecule has 0 aliphatic heterocycles. The molecule has 0 saturated heterocycles. The van der Waals surface area contributed by atoms with Crippen LogP contribution in [0.25, 0.3) is 0 Å². The van der Waals surface area contributed by atoms with Crippen LogP contribution in [-0.4, -0.2) is 38.1 Å². The van der Waals surface area contributed by atoms with Gasteiger partial charge in [0, 0.05) is 28.4 Å². The number of halogens is 1. The van der Waals surface area contributed by atoms with E-state index >= 15 is 0 Å². The third-order valence-electron chi connectivity index (χ3n) is 3.10. The van der Waals surface area contributed by atoms with Crippen LogP contribution in [0.3, 0.4) is 0 Å². The predicted molar refractivity (Wildman–Crippen MR) is 104 cm³/mol. The molecule has 0 bridgehead atoms. The predicted octanol–water partition coefficient (Wildman–Crippen LogP) is 4.27. The maximum atomic E-state index is 12.1. The van der Waals surface area contributed by atoms with E-state index in [1.165, 1.54) is 18.9 Å². The highest BCUT2D eigenvalue weighted by Gasteiger charge is 2.07. The first kappa shape index (κ1) is 20.1. The van der Waals surface area contributed by atoms with Crippen molar-refractivity contribution in [3.63, 3.8) is 0 Å². The highest BCUT2D eigenvalue weighted by molar-refractivity contribution is 8.00. The topological polar surface area (TPSA) is 76.7 Å². The Balaban J connectivity index is 1.82. The van der Waals surface area contributed by atoms with Crippen LogP contribution in [0.2, 0.25) is 5.02 Å². The highest BCUT2D eigenvalue weighted by Crippen LogP contribution is 2.21. The van der Waals surface area contributed by atoms with Crippen molar-refractivity contribution in [1.29, 1.82) is 0 Å². The SMILES string of the molecule is COCCOC(=O)Nc1cccc(NC(=O)CSc2ccc(Cl)cc2)c1. The summed E-state index contributed by atoms with van der Waals surface area (Å²) in [5.41, 5.74) is 1.11. The number of anilines is 2. The maximum Gasteiger partial charge on any atom is 0.411 e. The Morgan fingerprint density at radius 3 is 2.42 bits per heavy atom. The van der Waals surface area contributed by atoms with Gasteiger partial charge in [-0.05, 0) is 42.5 Å². The number of thioether (sulfide) groups is 1. The number of hydrogen-bond donors (Lipinski definition) is 2. The van der Waals surface area contributed by atoms with Crippen molar-refractivity contribution < 1.29 is 19.1 Å². The lowest BCUT2D eigenvalue weighted by molar-refractivity contribution is -0.113. The molecule has 138 valence electrons. The van der Waals surface area contributed by atoms with E-state index in [4.69, 9.17) is 21.1 Å². The fourth-order valence-corrected chi connectivity index (χ4v) is 2.75. The third-order valence-corrected chi connectivity index (χ3v) is 4.36. The molecule has 0 spiro atoms. The lowest BCUT2D eigenvalue weighted by atomic mass is 10.3. The third kappa shape index (κ3) is 7.35. The van der Waals surface area contributed by atoms with Crippen LogP contribution in [-0.2, 0) is 14.3 Å². The number of amides is 2. The number of carbonyl (C=O) groups is 2. The van der Waals surface area contributed by atoms with Crippen LogP contribution in [0.5, 0.6) is 0 Å². The smallest absolute Gasteiger partial charge is 0.411 e. The van der Waals surface area contributed by atoms with Crippen LogP contribution in [0.1, 0.15) is 0 Å². The largest absolute Gasteiger partial charge is 0.447 e. The van der Waals surface area contributed by atoms with E-state index in [1.54, 1.807) is 36.4 Å². The monoisotopic (exact) mass is 394 g/mol. The molecule has 2 aromatic rings. The first-order chi connectivity index (χ1) is 12.6. The van der Waals surface area contributed by atoms with Crippen molar-refractivity contribution in [2.24, 2.45) is 0 Å². The van der Waals surface area contributed by atoms with Crippen molar-refractivity contribution >= 4 is 46.7 Å². The summed E-state index contributed by atoms with van der Waals surface area (Å²) in [7, 11) is 1.53. The first-order valence-electron chi connectivity index (χ1n) is 7.78. The zero-order valence-electron chi connectivity index (χ0n) is 14.2. The van der Waals surface area contributed by atoms with Gasteiger partial charge in [0.25, 0.3) is 0 Å². The molecule has 0 radical (unpaired) electrons. The van der Waals surface area contributed by atoms with Gasteiger partial charge in [-0.25, -0.2) is 4.79 Å². The van der Waals surface area contributed by atoms with Crippen LogP contribution >= 0.6 is 23.4 Å². The number of ether oxygens (including phenoxy) is 2. The molecule has 0 saturated carbocycles. The van der Waals surface area contributed by atoms with Crippen molar-refractivity contribution in [3.05, 3.63) is 53.6 Å². The van der Waals surface area contributed by atoms with Gasteiger partial charge in [0.15, 0.2) is 0 Å². The Hall–Kier alpha value is -2.22. The lowest BCUT2D eigenvalue weighted by Crippen LogP contribution is -2.17. The summed E-state index contributed by atoms with van der Waals surface area (Å²) in [6, 6.07) is 14.1. The number of methoxy groups -OCH3 is 1. The Labute approximate surface area is 161 Å². The summed E-state index contributed by atoms with van der Waals surface area (Å²) in [5.74, 6) is 0.114. The van der Waals surface area contributed by atoms with Crippen LogP contribution in [0.15, 0.2) is 53.4 Å². The molecule has 6 nitrogen and oxygen atoms in total. The minimum atomic E-state index is -0.580. The highest BCUT2D eigenvalue weighted by atomic mass is 35.5. The van der Waals surface area contributed by atoms with E-state index < -0.39 is 6.09 Å². The second kappa shape index (κ2) is 10.7. The van der Waals surface area contributed by atoms with Gasteiger partial charge in [0.05, 0.1) is 12.4 Å². The van der Waals surface area contributed by atoms with Crippen molar-refractivity contribution in [3.8, 4) is 0 Å². The van der Waals surface area contributed by atoms with E-state index in [1.807, 2.05) is 12.1 Å². The Bertz CT molecular complexity index is 740. The van der Waals surface area contributed by atoms with Crippen LogP contribution in [0.4, 0.5) is 16.2 Å². The standard InChI is InChI=1S/C18H19ClN2O4S/c1-24-9-10-25-18(23)21-15-4-2-3-14(11-15)20-17(22)12-26-16-7-5-13(19)6-8-16/h2-8,11H,9-10,12H2,1H3,(H,20,22)(H,21,23). The number of benzene rings is 2. The molecule has 26 heavy (non-hydrogen) atoms. The van der Waals surface area contributed by atoms with Gasteiger partial charge in [-0.2, -0.15) is 0 Å². The molecule has 0 aliphatic rings. The second-order valence-electron chi connectivity index (χ2n) is 5.13. The van der Waals surface area contributed by atoms with E-state index in [0.29, 0.717) is 23.0 Å². The Morgan fingerprint density at radius 1 is 1.04 bits per heavy atom. The van der Waals surface area contributed by atoms with E-state index in [2.05, 4.69) is 10.6 Å². The summed E-state index contributed by atoms with van der Waals surface area (Å²) >= 11 is 7.24. The zero-order valence-corrected chi connectivity index (χ0v) is 15.7. The Kier molecular flexibility index (Phi) is 8.27. The van der Waals surface area contributed by atoms with Gasteiger partial charge in [0.2, 0.25) is 5.91 Å². The van der Waals surface area contributed by atoms with Gasteiger partial charge in [-0.15, -0.1) is 11.8 Å². The average molecular weight is 395 g/mol. The normalized spacial score (nSPS) is 10.2. The van der Waals surface area contributed by atoms with E-state index in [-0.39, 0.29) is 18.3 Å². The molecule has 2 aromatic carbocycles. The summed E-state index contributed by atoms with van der Waals surface area (Å²) in [6.45, 7) is 0.496. The minimum absolute atomic E-state index is 0.148. The van der Waals surface area contributed by atoms with Crippen molar-refractivity contribution in [2.45, 2.75) is 4.90 Å². The summed E-state index contributed by atoms with van der Waals surface area (Å²) in [5, 5.41) is 6.04. The van der Waals surface area contributed by atoms with Crippen molar-refractivity contribution in [1.82, 2.24) is 0 Å². The molecule has 2 N–H and O–H groups in total. The van der Waals surface area contributed by atoms with Gasteiger partial charge in [0.1, 0.15) is 6.61 Å². The number of rotatable bonds is 8. The van der Waals surface area contributed by atoms with Gasteiger partial charge in [-0.3, -0.25) is 10.1 Å². The minimum Gasteiger partial charge on any atom is -0.447 e. The van der Waals surface area contributed by atoms with Gasteiger partial charge >= 0.3 is 6.09 Å². The molecule has 2 rings (SSSR count). The van der Waals surface area contributed by atoms with E-state index in [9.17, 15) is 9.59 Å². The molecule has 0 aliphatic carbocycles. The molecule has 8 heteroatoms. The van der Waals surface area contributed by atoms with Gasteiger partial charge in [-0.1, -0.05) is 17.7 Å². The molecule has 0 atom stereocenters. The van der Waals surface area contributed by atoms with Crippen LogP contribution in [0, 0.1) is 0 Å². The lowest BCUT2D eigenvalue weighted by Gasteiger charge is -2.09. The number of nitrogens with one attached hydrogen (secondary N) is 2. The number of hydrogen-bond acceptors (Lipinski definition) is 5. The molecule has 0 fully saturated rings. The first-order valence-corrected chi connectivity index (χ1v) is 9.14.